The van der Waals surface area contributed by atoms with E-state index in [1.54, 1.807) is 0 Å². The molecule has 2 unspecified atom stereocenters. The first-order valence-corrected chi connectivity index (χ1v) is 5.44. The highest BCUT2D eigenvalue weighted by Gasteiger charge is 2.36. The molecule has 0 saturated carbocycles. The van der Waals surface area contributed by atoms with Gasteiger partial charge in [-0.25, -0.2) is 10.9 Å². The van der Waals surface area contributed by atoms with E-state index in [0.717, 1.165) is 11.8 Å². The van der Waals surface area contributed by atoms with Gasteiger partial charge >= 0.3 is 0 Å². The van der Waals surface area contributed by atoms with Gasteiger partial charge in [0, 0.05) is 6.92 Å². The Labute approximate surface area is 104 Å². The molecular formula is C10H16N4O4. The lowest BCUT2D eigenvalue weighted by molar-refractivity contribution is -0.155. The molecule has 0 aliphatic carbocycles. The molecule has 4 amide bonds. The summed E-state index contributed by atoms with van der Waals surface area (Å²) >= 11 is 0. The van der Waals surface area contributed by atoms with Crippen LogP contribution < -0.4 is 11.2 Å². The van der Waals surface area contributed by atoms with Crippen LogP contribution in [0.25, 0.3) is 0 Å². The fourth-order valence-electron chi connectivity index (χ4n) is 1.65. The molecule has 8 heteroatoms. The molecule has 1 rings (SSSR count). The van der Waals surface area contributed by atoms with E-state index in [0.29, 0.717) is 5.01 Å². The van der Waals surface area contributed by atoms with Crippen molar-refractivity contribution in [2.45, 2.75) is 32.9 Å². The van der Waals surface area contributed by atoms with Gasteiger partial charge in [-0.15, -0.1) is 0 Å². The maximum atomic E-state index is 11.8. The van der Waals surface area contributed by atoms with E-state index >= 15 is 0 Å². The molecule has 1 fully saturated rings. The number of nitrogens with zero attached hydrogens (tertiary/aromatic N) is 2. The second kappa shape index (κ2) is 5.13. The molecule has 0 aromatic heterocycles. The molecule has 18 heavy (non-hydrogen) atoms. The fourth-order valence-corrected chi connectivity index (χ4v) is 1.65. The second-order valence-corrected chi connectivity index (χ2v) is 4.16. The Kier molecular flexibility index (Phi) is 4.02. The topological polar surface area (TPSA) is 113 Å². The van der Waals surface area contributed by atoms with Gasteiger partial charge in [-0.3, -0.25) is 19.2 Å². The van der Waals surface area contributed by atoms with Crippen molar-refractivity contribution in [1.82, 2.24) is 15.2 Å². The zero-order chi connectivity index (χ0) is 14.0. The number of rotatable bonds is 2. The molecule has 1 aliphatic rings. The highest BCUT2D eigenvalue weighted by atomic mass is 16.2. The van der Waals surface area contributed by atoms with Crippen LogP contribution in [0.5, 0.6) is 0 Å². The molecule has 1 heterocycles. The second-order valence-electron chi connectivity index (χ2n) is 4.16. The smallest absolute Gasteiger partial charge is 0.266 e. The van der Waals surface area contributed by atoms with Crippen molar-refractivity contribution in [3.05, 3.63) is 0 Å². The normalized spacial score (nSPS) is 21.3. The van der Waals surface area contributed by atoms with Gasteiger partial charge in [-0.2, -0.15) is 0 Å². The standard InChI is InChI=1S/C10H16N4O4/c1-5-9(17)13(4-8(16)12-5)6(2)10(18)14(11)7(3)15/h5-6H,4,11H2,1-3H3,(H,12,16). The van der Waals surface area contributed by atoms with Crippen molar-refractivity contribution in [3.63, 3.8) is 0 Å². The predicted octanol–water partition coefficient (Wildman–Crippen LogP) is -2.03. The predicted molar refractivity (Wildman–Crippen MR) is 60.5 cm³/mol. The summed E-state index contributed by atoms with van der Waals surface area (Å²) in [4.78, 5) is 47.0. The number of hydrogen-bond donors (Lipinski definition) is 2. The van der Waals surface area contributed by atoms with Gasteiger partial charge in [0.15, 0.2) is 0 Å². The quantitative estimate of drug-likeness (QED) is 0.336. The number of hydrogen-bond acceptors (Lipinski definition) is 5. The highest BCUT2D eigenvalue weighted by molar-refractivity contribution is 6.01. The fraction of sp³-hybridized carbons (Fsp3) is 0.600. The first kappa shape index (κ1) is 14.1. The Balaban J connectivity index is 2.85. The van der Waals surface area contributed by atoms with E-state index in [-0.39, 0.29) is 18.4 Å². The third-order valence-electron chi connectivity index (χ3n) is 2.75. The number of piperazine rings is 1. The van der Waals surface area contributed by atoms with Gasteiger partial charge in [0.2, 0.25) is 17.7 Å². The van der Waals surface area contributed by atoms with Gasteiger partial charge in [-0.05, 0) is 13.8 Å². The Morgan fingerprint density at radius 3 is 2.56 bits per heavy atom. The third kappa shape index (κ3) is 2.65. The van der Waals surface area contributed by atoms with Crippen molar-refractivity contribution in [2.75, 3.05) is 6.54 Å². The summed E-state index contributed by atoms with van der Waals surface area (Å²) in [6.07, 6.45) is 0. The number of carbonyl (C=O) groups excluding carboxylic acids is 4. The van der Waals surface area contributed by atoms with E-state index in [1.807, 2.05) is 0 Å². The van der Waals surface area contributed by atoms with E-state index < -0.39 is 23.9 Å². The molecule has 0 aromatic rings. The zero-order valence-electron chi connectivity index (χ0n) is 10.5. The van der Waals surface area contributed by atoms with Crippen molar-refractivity contribution < 1.29 is 19.2 Å². The minimum atomic E-state index is -0.958. The van der Waals surface area contributed by atoms with E-state index in [1.165, 1.54) is 13.8 Å². The zero-order valence-corrected chi connectivity index (χ0v) is 10.5. The Hall–Kier alpha value is -1.96. The van der Waals surface area contributed by atoms with E-state index in [4.69, 9.17) is 5.84 Å². The Morgan fingerprint density at radius 1 is 1.50 bits per heavy atom. The molecule has 2 atom stereocenters. The van der Waals surface area contributed by atoms with Gasteiger partial charge in [0.1, 0.15) is 18.6 Å². The minimum Gasteiger partial charge on any atom is -0.343 e. The molecule has 0 radical (unpaired) electrons. The van der Waals surface area contributed by atoms with Crippen LogP contribution in [0.15, 0.2) is 0 Å². The number of carbonyl (C=O) groups is 4. The monoisotopic (exact) mass is 256 g/mol. The SMILES string of the molecule is CC(=O)N(N)C(=O)C(C)N1CC(=O)NC(C)C1=O. The number of amides is 4. The summed E-state index contributed by atoms with van der Waals surface area (Å²) < 4.78 is 0. The van der Waals surface area contributed by atoms with Crippen LogP contribution in [-0.4, -0.2) is 52.2 Å². The molecule has 0 aromatic carbocycles. The number of nitrogens with two attached hydrogens (primary N) is 1. The highest BCUT2D eigenvalue weighted by Crippen LogP contribution is 2.09. The number of imide groups is 1. The first-order chi connectivity index (χ1) is 8.25. The molecule has 1 aliphatic heterocycles. The number of hydrazine groups is 1. The van der Waals surface area contributed by atoms with Crippen LogP contribution in [0.2, 0.25) is 0 Å². The minimum absolute atomic E-state index is 0.220. The summed E-state index contributed by atoms with van der Waals surface area (Å²) in [5.74, 6) is 3.19. The van der Waals surface area contributed by atoms with Crippen LogP contribution in [-0.2, 0) is 19.2 Å². The van der Waals surface area contributed by atoms with Crippen molar-refractivity contribution >= 4 is 23.6 Å². The van der Waals surface area contributed by atoms with Crippen LogP contribution in [0.4, 0.5) is 0 Å². The lowest BCUT2D eigenvalue weighted by Gasteiger charge is -2.35. The van der Waals surface area contributed by atoms with E-state index in [9.17, 15) is 19.2 Å². The molecule has 3 N–H and O–H groups in total. The summed E-state index contributed by atoms with van der Waals surface area (Å²) in [6, 6.07) is -1.65. The van der Waals surface area contributed by atoms with Crippen molar-refractivity contribution in [1.29, 1.82) is 0 Å². The van der Waals surface area contributed by atoms with Crippen LogP contribution in [0.3, 0.4) is 0 Å². The molecule has 8 nitrogen and oxygen atoms in total. The lowest BCUT2D eigenvalue weighted by atomic mass is 10.1. The maximum Gasteiger partial charge on any atom is 0.266 e. The summed E-state index contributed by atoms with van der Waals surface area (Å²) in [7, 11) is 0. The van der Waals surface area contributed by atoms with Crippen LogP contribution >= 0.6 is 0 Å². The molecule has 0 bridgehead atoms. The first-order valence-electron chi connectivity index (χ1n) is 5.44. The van der Waals surface area contributed by atoms with E-state index in [2.05, 4.69) is 5.32 Å². The Bertz CT molecular complexity index is 409. The van der Waals surface area contributed by atoms with Gasteiger partial charge < -0.3 is 10.2 Å². The average molecular weight is 256 g/mol. The van der Waals surface area contributed by atoms with Crippen molar-refractivity contribution in [2.24, 2.45) is 5.84 Å². The van der Waals surface area contributed by atoms with Crippen LogP contribution in [0.1, 0.15) is 20.8 Å². The molecule has 100 valence electrons. The average Bonchev–Trinajstić information content (AvgIpc) is 2.30. The van der Waals surface area contributed by atoms with Crippen molar-refractivity contribution in [3.8, 4) is 0 Å². The number of nitrogens with one attached hydrogen (secondary N) is 1. The lowest BCUT2D eigenvalue weighted by Crippen LogP contribution is -2.62. The summed E-state index contributed by atoms with van der Waals surface area (Å²) in [6.45, 7) is 3.86. The molecule has 1 saturated heterocycles. The largest absolute Gasteiger partial charge is 0.343 e. The van der Waals surface area contributed by atoms with Crippen LogP contribution in [0, 0.1) is 0 Å². The summed E-state index contributed by atoms with van der Waals surface area (Å²) in [5, 5.41) is 2.89. The third-order valence-corrected chi connectivity index (χ3v) is 2.75. The van der Waals surface area contributed by atoms with Gasteiger partial charge in [0.25, 0.3) is 5.91 Å². The molecule has 0 spiro atoms. The maximum absolute atomic E-state index is 11.8. The Morgan fingerprint density at radius 2 is 2.06 bits per heavy atom. The van der Waals surface area contributed by atoms with Gasteiger partial charge in [-0.1, -0.05) is 0 Å². The van der Waals surface area contributed by atoms with Gasteiger partial charge in [0.05, 0.1) is 0 Å². The summed E-state index contributed by atoms with van der Waals surface area (Å²) in [5.41, 5.74) is 0. The molecular weight excluding hydrogens is 240 g/mol.